The fraction of sp³-hybridized carbons (Fsp3) is 0.647. The van der Waals surface area contributed by atoms with E-state index in [1.807, 2.05) is 6.92 Å². The summed E-state index contributed by atoms with van der Waals surface area (Å²) in [5.41, 5.74) is 3.51. The smallest absolute Gasteiger partial charge is 0.542 e. The van der Waals surface area contributed by atoms with Crippen LogP contribution in [-0.2, 0) is 35.2 Å². The van der Waals surface area contributed by atoms with Crippen molar-refractivity contribution in [2.75, 3.05) is 11.9 Å². The monoisotopic (exact) mass is 829 g/mol. The predicted octanol–water partition coefficient (Wildman–Crippen LogP) is 9.87. The van der Waals surface area contributed by atoms with E-state index in [-0.39, 0.29) is 37.7 Å². The topological polar surface area (TPSA) is 64.1 Å². The van der Waals surface area contributed by atoms with Crippen molar-refractivity contribution in [1.82, 2.24) is 10.2 Å². The first-order valence-electron chi connectivity index (χ1n) is 15.8. The van der Waals surface area contributed by atoms with Crippen LogP contribution >= 0.6 is 0 Å². The fourth-order valence-electron chi connectivity index (χ4n) is 4.88. The Morgan fingerprint density at radius 2 is 1.74 bits per heavy atom. The second-order valence-electron chi connectivity index (χ2n) is 10.5. The van der Waals surface area contributed by atoms with Gasteiger partial charge in [-0.3, -0.25) is 6.29 Å². The Hall–Kier alpha value is -1.43. The zero-order valence-electron chi connectivity index (χ0n) is 27.0. The van der Waals surface area contributed by atoms with Gasteiger partial charge in [0.25, 0.3) is 0 Å². The van der Waals surface area contributed by atoms with Crippen LogP contribution in [0, 0.1) is 38.0 Å². The minimum absolute atomic E-state index is 0. The van der Waals surface area contributed by atoms with Gasteiger partial charge in [-0.15, -0.1) is 10.2 Å². The number of rotatable bonds is 13. The number of hydrogen-bond acceptors (Lipinski definition) is 5. The molecule has 0 saturated heterocycles. The van der Waals surface area contributed by atoms with Gasteiger partial charge in [-0.2, -0.15) is 26.5 Å². The van der Waals surface area contributed by atoms with Gasteiger partial charge in [0.2, 0.25) is 0 Å². The number of benzene rings is 1. The van der Waals surface area contributed by atoms with E-state index >= 15 is 0 Å². The summed E-state index contributed by atoms with van der Waals surface area (Å²) >= 11 is 0. The van der Waals surface area contributed by atoms with E-state index in [0.29, 0.717) is 35.9 Å². The molecule has 3 rings (SSSR count). The van der Waals surface area contributed by atoms with Crippen LogP contribution in [0.4, 0.5) is 19.0 Å². The second kappa shape index (κ2) is 23.9. The average molecular weight is 830 g/mol. The molecule has 0 aliphatic carbocycles. The summed E-state index contributed by atoms with van der Waals surface area (Å²) in [5.74, 6) is 0.841. The van der Waals surface area contributed by atoms with Crippen LogP contribution in [0.5, 0.6) is 0 Å². The molecule has 1 aromatic heterocycles. The van der Waals surface area contributed by atoms with Crippen molar-refractivity contribution in [2.45, 2.75) is 137 Å². The molecule has 2 aromatic rings. The molecule has 43 heavy (non-hydrogen) atoms. The van der Waals surface area contributed by atoms with Crippen LogP contribution in [0.3, 0.4) is 0 Å². The van der Waals surface area contributed by atoms with Crippen LogP contribution in [0.1, 0.15) is 128 Å². The van der Waals surface area contributed by atoms with E-state index in [9.17, 15) is 18.0 Å². The molecule has 1 aliphatic heterocycles. The molecule has 0 bridgehead atoms. The molecular weight excluding hydrogens is 777 g/mol. The van der Waals surface area contributed by atoms with Crippen LogP contribution in [0.25, 0.3) is 11.3 Å². The Kier molecular flexibility index (Phi) is 23.1. The van der Waals surface area contributed by atoms with E-state index in [4.69, 9.17) is 4.74 Å². The number of anilines is 1. The van der Waals surface area contributed by atoms with Gasteiger partial charge in [0.05, 0.1) is 17.9 Å². The zero-order valence-corrected chi connectivity index (χ0v) is 31.1. The van der Waals surface area contributed by atoms with Crippen LogP contribution in [0.15, 0.2) is 18.2 Å². The number of ether oxygens (including phenoxy) is 1. The van der Waals surface area contributed by atoms with Gasteiger partial charge < -0.3 is 21.8 Å². The van der Waals surface area contributed by atoms with Gasteiger partial charge in [-0.25, -0.2) is 0 Å². The minimum atomic E-state index is -4.39. The largest absolute Gasteiger partial charge is 2.00 e. The number of hydrogen-bond donors (Lipinski definition) is 1. The van der Waals surface area contributed by atoms with E-state index in [0.717, 1.165) is 74.4 Å². The third kappa shape index (κ3) is 14.5. The van der Waals surface area contributed by atoms with E-state index in [1.54, 1.807) is 19.3 Å². The summed E-state index contributed by atoms with van der Waals surface area (Å²) < 4.78 is 45.9. The maximum absolute atomic E-state index is 13.4. The quantitative estimate of drug-likeness (QED) is 0.161. The van der Waals surface area contributed by atoms with Crippen molar-refractivity contribution in [3.63, 3.8) is 0 Å². The Morgan fingerprint density at radius 3 is 2.33 bits per heavy atom. The van der Waals surface area contributed by atoms with Gasteiger partial charge >= 0.3 is 37.3 Å². The summed E-state index contributed by atoms with van der Waals surface area (Å²) in [4.78, 5) is 9.28. The Bertz CT molecular complexity index is 1030. The predicted molar refractivity (Wildman–Crippen MR) is 167 cm³/mol. The van der Waals surface area contributed by atoms with Crippen LogP contribution in [0.2, 0.25) is 0 Å². The maximum Gasteiger partial charge on any atom is 2.00 e. The normalized spacial score (nSPS) is 13.1. The van der Waals surface area contributed by atoms with E-state index < -0.39 is 11.7 Å². The van der Waals surface area contributed by atoms with Crippen LogP contribution in [-0.4, -0.2) is 29.1 Å². The summed E-state index contributed by atoms with van der Waals surface area (Å²) in [6, 6.07) is 4.22. The van der Waals surface area contributed by atoms with Crippen LogP contribution < -0.4 is 5.32 Å². The summed E-state index contributed by atoms with van der Waals surface area (Å²) in [5, 5.41) is 12.9. The molecule has 5 nitrogen and oxygen atoms in total. The van der Waals surface area contributed by atoms with Gasteiger partial charge in [0, 0.05) is 23.8 Å². The number of nitrogens with one attached hydrogen (secondary N) is 1. The standard InChI is InChI=1S/C28H40F3N3O.C4H7O.C2H5.U/c1-4-7-9-10-12-22(6-3)32-27-25(13-8-5-2)24-14-11-17-35-19-20-18-21(28(29,30)31)15-16-23(20)26(24)33-34-27;1-2-3-4-5;1-2;/h15-16,18,22H,4-14,17,19H2,1-3H3,(H,32,34);2-3H2,1H3;1H2,2H3;/q;2*-1;+2. The van der Waals surface area contributed by atoms with Gasteiger partial charge in [0.15, 0.2) is 5.82 Å². The molecule has 1 aliphatic rings. The van der Waals surface area contributed by atoms with Crippen molar-refractivity contribution in [3.8, 4) is 11.3 Å². The Labute approximate surface area is 282 Å². The van der Waals surface area contributed by atoms with E-state index in [1.165, 1.54) is 31.7 Å². The maximum atomic E-state index is 13.4. The molecule has 9 heteroatoms. The van der Waals surface area contributed by atoms with Crippen molar-refractivity contribution in [2.24, 2.45) is 0 Å². The third-order valence-corrected chi connectivity index (χ3v) is 7.22. The number of nitrogens with zero attached hydrogens (tertiary/aromatic N) is 2. The first-order chi connectivity index (χ1) is 20.3. The van der Waals surface area contributed by atoms with Crippen molar-refractivity contribution in [3.05, 3.63) is 47.4 Å². The number of halogens is 3. The van der Waals surface area contributed by atoms with Gasteiger partial charge in [-0.1, -0.05) is 72.3 Å². The third-order valence-electron chi connectivity index (χ3n) is 7.22. The SMILES string of the molecule is CCCCCCC(CC)Nc1nnc2c(c1CCCC)CCCOCc1cc(C(F)(F)F)ccc1-2.CCC[C-]=O.[CH2-]C.[U+2]. The zero-order chi connectivity index (χ0) is 31.4. The molecule has 1 unspecified atom stereocenters. The van der Waals surface area contributed by atoms with Gasteiger partial charge in [-0.05, 0) is 61.8 Å². The van der Waals surface area contributed by atoms with Crippen molar-refractivity contribution >= 4 is 12.1 Å². The fourth-order valence-corrected chi connectivity index (χ4v) is 4.88. The second-order valence-corrected chi connectivity index (χ2v) is 10.5. The number of carbonyl (C=O) groups excluding carboxylic acids is 1. The van der Waals surface area contributed by atoms with E-state index in [2.05, 4.69) is 43.2 Å². The van der Waals surface area contributed by atoms with Crippen molar-refractivity contribution < 1.29 is 53.8 Å². The first kappa shape index (κ1) is 41.6. The first-order valence-corrected chi connectivity index (χ1v) is 15.8. The molecule has 2 heterocycles. The molecule has 240 valence electrons. The summed E-state index contributed by atoms with van der Waals surface area (Å²) in [7, 11) is 0. The summed E-state index contributed by atoms with van der Waals surface area (Å²) in [6.07, 6.45) is 10.4. The molecule has 0 amide bonds. The Balaban J connectivity index is 0.00000200. The molecule has 1 aromatic carbocycles. The number of fused-ring (bicyclic) bond motifs is 3. The minimum Gasteiger partial charge on any atom is -0.542 e. The molecule has 0 fully saturated rings. The Morgan fingerprint density at radius 1 is 1.02 bits per heavy atom. The molecule has 0 spiro atoms. The average Bonchev–Trinajstić information content (AvgIpc) is 3.08. The molecule has 1 atom stereocenters. The number of unbranched alkanes of at least 4 members (excludes halogenated alkanes) is 5. The number of aromatic nitrogens is 2. The molecular formula is C34H52F3N3O2U. The molecule has 0 saturated carbocycles. The molecule has 1 N–H and O–H groups in total. The van der Waals surface area contributed by atoms with Crippen molar-refractivity contribution in [1.29, 1.82) is 0 Å². The summed E-state index contributed by atoms with van der Waals surface area (Å²) in [6.45, 7) is 14.2. The van der Waals surface area contributed by atoms with Gasteiger partial charge in [0.1, 0.15) is 0 Å². The molecule has 0 radical (unpaired) electrons. The number of alkyl halides is 3.